The average Bonchev–Trinajstić information content (AvgIpc) is 3.77. The molecule has 4 aromatic carbocycles. The van der Waals surface area contributed by atoms with Gasteiger partial charge in [0.05, 0.1) is 11.6 Å². The van der Waals surface area contributed by atoms with Crippen molar-refractivity contribution in [3.05, 3.63) is 125 Å². The number of anilines is 1. The van der Waals surface area contributed by atoms with E-state index in [1.165, 1.54) is 33.4 Å². The molecule has 3 heterocycles. The minimum absolute atomic E-state index is 0.0152. The molecule has 1 saturated heterocycles. The van der Waals surface area contributed by atoms with Gasteiger partial charge in [-0.3, -0.25) is 14.5 Å². The summed E-state index contributed by atoms with van der Waals surface area (Å²) in [4.78, 5) is 28.8. The smallest absolute Gasteiger partial charge is 0.301 e. The van der Waals surface area contributed by atoms with Crippen LogP contribution >= 0.6 is 23.1 Å². The standard InChI is InChI=1S/C36H29N3O5S2/c1-3-16-43-27-12-7-10-23(19-27)31-30(32(40)24-14-15-29-26(18-24)17-21(2)44-29)33(41)34(42)39(31)35-37-38-36(46-35)45-20-25-11-6-9-22-8-4-5-13-28(22)25/h3-15,18-19,21,31,40H,1,16-17,20H2,2H3. The first-order valence-corrected chi connectivity index (χ1v) is 16.6. The Balaban J connectivity index is 1.26. The van der Waals surface area contributed by atoms with Gasteiger partial charge in [-0.25, -0.2) is 0 Å². The molecular formula is C36H29N3O5S2. The maximum absolute atomic E-state index is 13.8. The van der Waals surface area contributed by atoms with E-state index < -0.39 is 17.7 Å². The van der Waals surface area contributed by atoms with Crippen molar-refractivity contribution in [1.82, 2.24) is 10.2 Å². The molecule has 0 saturated carbocycles. The van der Waals surface area contributed by atoms with Crippen LogP contribution in [0.25, 0.3) is 16.5 Å². The van der Waals surface area contributed by atoms with Gasteiger partial charge in [0.25, 0.3) is 5.78 Å². The van der Waals surface area contributed by atoms with Crippen molar-refractivity contribution in [3.63, 3.8) is 0 Å². The van der Waals surface area contributed by atoms with Gasteiger partial charge in [0.2, 0.25) is 5.13 Å². The van der Waals surface area contributed by atoms with Crippen LogP contribution in [0.4, 0.5) is 5.13 Å². The minimum atomic E-state index is -0.959. The number of aliphatic hydroxyl groups excluding tert-OH is 1. The molecular weight excluding hydrogens is 619 g/mol. The number of aromatic nitrogens is 2. The summed E-state index contributed by atoms with van der Waals surface area (Å²) < 4.78 is 12.2. The van der Waals surface area contributed by atoms with Gasteiger partial charge in [-0.1, -0.05) is 90.4 Å². The monoisotopic (exact) mass is 647 g/mol. The molecule has 230 valence electrons. The van der Waals surface area contributed by atoms with E-state index in [0.717, 1.165) is 22.3 Å². The topological polar surface area (TPSA) is 102 Å². The zero-order chi connectivity index (χ0) is 31.8. The first-order chi connectivity index (χ1) is 22.4. The Morgan fingerprint density at radius 3 is 2.78 bits per heavy atom. The molecule has 0 radical (unpaired) electrons. The van der Waals surface area contributed by atoms with Gasteiger partial charge in [0.1, 0.15) is 30.0 Å². The molecule has 0 aliphatic carbocycles. The zero-order valence-electron chi connectivity index (χ0n) is 24.9. The predicted molar refractivity (Wildman–Crippen MR) is 181 cm³/mol. The molecule has 2 atom stereocenters. The largest absolute Gasteiger partial charge is 0.507 e. The van der Waals surface area contributed by atoms with E-state index in [-0.39, 0.29) is 29.2 Å². The second kappa shape index (κ2) is 12.5. The number of ether oxygens (including phenoxy) is 2. The molecule has 2 aliphatic heterocycles. The molecule has 1 fully saturated rings. The highest BCUT2D eigenvalue weighted by Gasteiger charge is 2.48. The number of nitrogens with zero attached hydrogens (tertiary/aromatic N) is 3. The lowest BCUT2D eigenvalue weighted by Crippen LogP contribution is -2.29. The highest BCUT2D eigenvalue weighted by Crippen LogP contribution is 2.45. The summed E-state index contributed by atoms with van der Waals surface area (Å²) in [5, 5.41) is 23.0. The molecule has 1 N–H and O–H groups in total. The van der Waals surface area contributed by atoms with Gasteiger partial charge in [-0.15, -0.1) is 10.2 Å². The number of benzene rings is 4. The number of hydrogen-bond acceptors (Lipinski definition) is 9. The molecule has 8 nitrogen and oxygen atoms in total. The maximum atomic E-state index is 13.8. The van der Waals surface area contributed by atoms with Crippen molar-refractivity contribution in [1.29, 1.82) is 0 Å². The molecule has 5 aromatic rings. The molecule has 2 unspecified atom stereocenters. The van der Waals surface area contributed by atoms with Crippen LogP contribution in [0.2, 0.25) is 0 Å². The second-order valence-electron chi connectivity index (χ2n) is 11.1. The highest BCUT2D eigenvalue weighted by atomic mass is 32.2. The van der Waals surface area contributed by atoms with Gasteiger partial charge in [0, 0.05) is 17.7 Å². The molecule has 0 spiro atoms. The van der Waals surface area contributed by atoms with Gasteiger partial charge in [0.15, 0.2) is 4.34 Å². The predicted octanol–water partition coefficient (Wildman–Crippen LogP) is 7.50. The number of carbonyl (C=O) groups excluding carboxylic acids is 2. The van der Waals surface area contributed by atoms with E-state index in [9.17, 15) is 14.7 Å². The van der Waals surface area contributed by atoms with Crippen LogP contribution in [0.3, 0.4) is 0 Å². The number of aliphatic hydroxyl groups is 1. The maximum Gasteiger partial charge on any atom is 0.301 e. The number of ketones is 1. The van der Waals surface area contributed by atoms with Crippen LogP contribution in [0.5, 0.6) is 11.5 Å². The van der Waals surface area contributed by atoms with Crippen molar-refractivity contribution in [2.75, 3.05) is 11.5 Å². The normalized spacial score (nSPS) is 18.5. The molecule has 1 aromatic heterocycles. The summed E-state index contributed by atoms with van der Waals surface area (Å²) in [7, 11) is 0. The van der Waals surface area contributed by atoms with E-state index >= 15 is 0 Å². The highest BCUT2D eigenvalue weighted by molar-refractivity contribution is 8.00. The van der Waals surface area contributed by atoms with Crippen molar-refractivity contribution in [2.24, 2.45) is 0 Å². The Kier molecular flexibility index (Phi) is 8.06. The van der Waals surface area contributed by atoms with Gasteiger partial charge in [-0.2, -0.15) is 0 Å². The van der Waals surface area contributed by atoms with Crippen LogP contribution in [0, 0.1) is 0 Å². The first kappa shape index (κ1) is 29.8. The van der Waals surface area contributed by atoms with E-state index in [1.54, 1.807) is 42.5 Å². The van der Waals surface area contributed by atoms with E-state index in [1.807, 2.05) is 31.2 Å². The Morgan fingerprint density at radius 2 is 1.91 bits per heavy atom. The fourth-order valence-electron chi connectivity index (χ4n) is 5.92. The Hall–Kier alpha value is -4.93. The first-order valence-electron chi connectivity index (χ1n) is 14.8. The summed E-state index contributed by atoms with van der Waals surface area (Å²) >= 11 is 2.74. The summed E-state index contributed by atoms with van der Waals surface area (Å²) in [6, 6.07) is 25.9. The van der Waals surface area contributed by atoms with E-state index in [0.29, 0.717) is 33.4 Å². The summed E-state index contributed by atoms with van der Waals surface area (Å²) in [5.41, 5.74) is 3.07. The van der Waals surface area contributed by atoms with Gasteiger partial charge in [-0.05, 0) is 64.7 Å². The van der Waals surface area contributed by atoms with E-state index in [2.05, 4.69) is 41.0 Å². The number of amides is 1. The fraction of sp³-hybridized carbons (Fsp3) is 0.167. The molecule has 2 aliphatic rings. The number of rotatable bonds is 9. The average molecular weight is 648 g/mol. The van der Waals surface area contributed by atoms with Gasteiger partial charge < -0.3 is 14.6 Å². The number of Topliss-reactive ketones (excluding diaryl/α,β-unsaturated/α-hetero) is 1. The summed E-state index contributed by atoms with van der Waals surface area (Å²) in [5.74, 6) is 0.0853. The fourth-order valence-corrected chi connectivity index (χ4v) is 7.79. The van der Waals surface area contributed by atoms with Crippen molar-refractivity contribution in [2.45, 2.75) is 35.6 Å². The molecule has 7 rings (SSSR count). The van der Waals surface area contributed by atoms with Crippen LogP contribution in [0.15, 0.2) is 107 Å². The van der Waals surface area contributed by atoms with Crippen molar-refractivity contribution >= 4 is 56.5 Å². The molecule has 0 bridgehead atoms. The Labute approximate surface area is 274 Å². The quantitative estimate of drug-likeness (QED) is 0.0438. The van der Waals surface area contributed by atoms with Crippen LogP contribution in [-0.4, -0.2) is 39.7 Å². The molecule has 1 amide bonds. The van der Waals surface area contributed by atoms with Crippen LogP contribution in [-0.2, 0) is 21.8 Å². The minimum Gasteiger partial charge on any atom is -0.507 e. The number of hydrogen-bond donors (Lipinski definition) is 1. The van der Waals surface area contributed by atoms with Gasteiger partial charge >= 0.3 is 5.91 Å². The second-order valence-corrected chi connectivity index (χ2v) is 13.3. The third kappa shape index (κ3) is 5.54. The van der Waals surface area contributed by atoms with Crippen molar-refractivity contribution in [3.8, 4) is 11.5 Å². The molecule has 10 heteroatoms. The SMILES string of the molecule is C=CCOc1cccc(C2C(=C(O)c3ccc4c(c3)CC(C)O4)C(=O)C(=O)N2c2nnc(SCc3cccc4ccccc34)s2)c1. The third-order valence-corrected chi connectivity index (χ3v) is 10.1. The van der Waals surface area contributed by atoms with Crippen LogP contribution in [0.1, 0.15) is 35.2 Å². The molecule has 46 heavy (non-hydrogen) atoms. The zero-order valence-corrected chi connectivity index (χ0v) is 26.5. The lowest BCUT2D eigenvalue weighted by Gasteiger charge is -2.23. The van der Waals surface area contributed by atoms with E-state index in [4.69, 9.17) is 9.47 Å². The lowest BCUT2D eigenvalue weighted by atomic mass is 9.94. The number of thioether (sulfide) groups is 1. The number of carbonyl (C=O) groups is 2. The summed E-state index contributed by atoms with van der Waals surface area (Å²) in [6.45, 7) is 5.97. The Bertz CT molecular complexity index is 2030. The number of fused-ring (bicyclic) bond motifs is 2. The third-order valence-electron chi connectivity index (χ3n) is 7.99. The Morgan fingerprint density at radius 1 is 1.09 bits per heavy atom. The summed E-state index contributed by atoms with van der Waals surface area (Å²) in [6.07, 6.45) is 2.33. The lowest BCUT2D eigenvalue weighted by molar-refractivity contribution is -0.132. The van der Waals surface area contributed by atoms with Crippen LogP contribution < -0.4 is 14.4 Å². The van der Waals surface area contributed by atoms with Crippen molar-refractivity contribution < 1.29 is 24.2 Å².